The van der Waals surface area contributed by atoms with E-state index in [4.69, 9.17) is 0 Å². The predicted molar refractivity (Wildman–Crippen MR) is 75.2 cm³/mol. The Morgan fingerprint density at radius 3 is 2.58 bits per heavy atom. The van der Waals surface area contributed by atoms with Crippen LogP contribution in [0.5, 0.6) is 0 Å². The van der Waals surface area contributed by atoms with Gasteiger partial charge in [-0.25, -0.2) is 8.42 Å². The quantitative estimate of drug-likeness (QED) is 0.796. The van der Waals surface area contributed by atoms with Gasteiger partial charge in [0, 0.05) is 30.9 Å². The number of nitrogens with zero attached hydrogens (tertiary/aromatic N) is 1. The van der Waals surface area contributed by atoms with Crippen molar-refractivity contribution in [1.82, 2.24) is 4.57 Å². The Morgan fingerprint density at radius 2 is 1.89 bits per heavy atom. The molecule has 0 radical (unpaired) electrons. The van der Waals surface area contributed by atoms with Crippen molar-refractivity contribution in [1.29, 1.82) is 0 Å². The Labute approximate surface area is 114 Å². The van der Waals surface area contributed by atoms with Gasteiger partial charge in [0.05, 0.1) is 11.0 Å². The van der Waals surface area contributed by atoms with Gasteiger partial charge in [-0.3, -0.25) is 4.79 Å². The van der Waals surface area contributed by atoms with Crippen molar-refractivity contribution in [2.45, 2.75) is 51.3 Å². The topological polar surface area (TPSA) is 56.1 Å². The maximum Gasteiger partial charge on any atom is 0.164 e. The summed E-state index contributed by atoms with van der Waals surface area (Å²) < 4.78 is 25.4. The summed E-state index contributed by atoms with van der Waals surface area (Å²) >= 11 is 0. The summed E-state index contributed by atoms with van der Waals surface area (Å²) in [6.45, 7) is 3.83. The van der Waals surface area contributed by atoms with Crippen LogP contribution in [-0.4, -0.2) is 29.8 Å². The van der Waals surface area contributed by atoms with Crippen LogP contribution < -0.4 is 0 Å². The highest BCUT2D eigenvalue weighted by Gasteiger charge is 2.19. The second-order valence-corrected chi connectivity index (χ2v) is 8.16. The summed E-state index contributed by atoms with van der Waals surface area (Å²) in [6.07, 6.45) is 7.28. The number of carbonyl (C=O) groups is 1. The number of hydrogen-bond acceptors (Lipinski definition) is 3. The maximum absolute atomic E-state index is 11.9. The number of Topliss-reactive ketones (excluding diaryl/α,β-unsaturated/α-hetero) is 1. The van der Waals surface area contributed by atoms with Crippen LogP contribution in [0.3, 0.4) is 0 Å². The van der Waals surface area contributed by atoms with E-state index in [9.17, 15) is 13.2 Å². The van der Waals surface area contributed by atoms with Gasteiger partial charge >= 0.3 is 0 Å². The van der Waals surface area contributed by atoms with Crippen LogP contribution in [0.2, 0.25) is 0 Å². The third-order valence-corrected chi connectivity index (χ3v) is 5.90. The lowest BCUT2D eigenvalue weighted by molar-refractivity contribution is 0.0982. The lowest BCUT2D eigenvalue weighted by Crippen LogP contribution is -2.20. The van der Waals surface area contributed by atoms with Crippen LogP contribution in [0.1, 0.15) is 49.0 Å². The summed E-state index contributed by atoms with van der Waals surface area (Å²) in [6, 6.07) is 0. The van der Waals surface area contributed by atoms with E-state index in [0.717, 1.165) is 30.4 Å². The maximum atomic E-state index is 11.9. The van der Waals surface area contributed by atoms with Crippen LogP contribution in [0.4, 0.5) is 0 Å². The highest BCUT2D eigenvalue weighted by atomic mass is 32.2. The van der Waals surface area contributed by atoms with Crippen LogP contribution in [-0.2, 0) is 22.8 Å². The number of fused-ring (bicyclic) bond motifs is 1. The molecule has 1 aromatic rings. The fourth-order valence-corrected chi connectivity index (χ4v) is 3.28. The van der Waals surface area contributed by atoms with Crippen molar-refractivity contribution in [3.05, 3.63) is 23.5 Å². The number of carbonyl (C=O) groups excluding carboxylic acids is 1. The Balaban J connectivity index is 2.12. The molecular formula is C14H21NO3S. The van der Waals surface area contributed by atoms with Crippen molar-refractivity contribution in [3.8, 4) is 0 Å². The number of aryl methyl sites for hydroxylation is 2. The smallest absolute Gasteiger partial charge is 0.164 e. The van der Waals surface area contributed by atoms with E-state index >= 15 is 0 Å². The molecule has 0 bridgehead atoms. The molecule has 1 aliphatic rings. The zero-order valence-corrected chi connectivity index (χ0v) is 12.4. The molecule has 106 valence electrons. The number of hydrogen-bond donors (Lipinski definition) is 0. The van der Waals surface area contributed by atoms with E-state index in [1.807, 2.05) is 17.0 Å². The third kappa shape index (κ3) is 3.26. The molecule has 0 atom stereocenters. The number of ketones is 1. The molecule has 0 saturated heterocycles. The second-order valence-electron chi connectivity index (χ2n) is 5.48. The molecule has 0 aliphatic heterocycles. The summed E-state index contributed by atoms with van der Waals surface area (Å²) in [5, 5.41) is -0.345. The van der Waals surface area contributed by atoms with Crippen molar-refractivity contribution >= 4 is 15.6 Å². The molecule has 0 N–H and O–H groups in total. The highest BCUT2D eigenvalue weighted by Crippen LogP contribution is 2.21. The van der Waals surface area contributed by atoms with Crippen LogP contribution in [0.25, 0.3) is 0 Å². The molecule has 1 aliphatic carbocycles. The molecular weight excluding hydrogens is 262 g/mol. The Bertz CT molecular complexity index is 570. The average molecular weight is 283 g/mol. The first kappa shape index (κ1) is 14.3. The van der Waals surface area contributed by atoms with E-state index in [-0.39, 0.29) is 16.8 Å². The molecule has 2 rings (SSSR count). The fraction of sp³-hybridized carbons (Fsp3) is 0.643. The minimum absolute atomic E-state index is 0.131. The summed E-state index contributed by atoms with van der Waals surface area (Å²) in [5.41, 5.74) is 1.86. The zero-order valence-electron chi connectivity index (χ0n) is 11.6. The van der Waals surface area contributed by atoms with Crippen molar-refractivity contribution < 1.29 is 13.2 Å². The molecule has 1 aromatic heterocycles. The van der Waals surface area contributed by atoms with Gasteiger partial charge in [-0.05, 0) is 38.7 Å². The lowest BCUT2D eigenvalue weighted by atomic mass is 10.1. The number of sulfone groups is 1. The first-order valence-electron chi connectivity index (χ1n) is 6.83. The SMILES string of the molecule is CC(C)S(=O)(=O)CCn1cc2c(c1)C(=O)CCCC2. The molecule has 0 saturated carbocycles. The van der Waals surface area contributed by atoms with E-state index in [1.165, 1.54) is 0 Å². The van der Waals surface area contributed by atoms with Gasteiger partial charge in [0.25, 0.3) is 0 Å². The van der Waals surface area contributed by atoms with Crippen LogP contribution >= 0.6 is 0 Å². The second kappa shape index (κ2) is 5.49. The third-order valence-electron chi connectivity index (χ3n) is 3.72. The minimum Gasteiger partial charge on any atom is -0.352 e. The van der Waals surface area contributed by atoms with E-state index in [2.05, 4.69) is 0 Å². The molecule has 0 spiro atoms. The van der Waals surface area contributed by atoms with Gasteiger partial charge in [0.1, 0.15) is 0 Å². The Morgan fingerprint density at radius 1 is 1.21 bits per heavy atom. The largest absolute Gasteiger partial charge is 0.352 e. The first-order valence-corrected chi connectivity index (χ1v) is 8.55. The van der Waals surface area contributed by atoms with Gasteiger partial charge in [-0.1, -0.05) is 0 Å². The van der Waals surface area contributed by atoms with Crippen LogP contribution in [0.15, 0.2) is 12.4 Å². The average Bonchev–Trinajstić information content (AvgIpc) is 2.68. The van der Waals surface area contributed by atoms with E-state index in [0.29, 0.717) is 13.0 Å². The van der Waals surface area contributed by atoms with E-state index in [1.54, 1.807) is 13.8 Å². The highest BCUT2D eigenvalue weighted by molar-refractivity contribution is 7.91. The number of aromatic nitrogens is 1. The van der Waals surface area contributed by atoms with Gasteiger partial charge in [0.2, 0.25) is 0 Å². The lowest BCUT2D eigenvalue weighted by Gasteiger charge is -2.08. The molecule has 19 heavy (non-hydrogen) atoms. The Hall–Kier alpha value is -1.10. The van der Waals surface area contributed by atoms with E-state index < -0.39 is 9.84 Å². The van der Waals surface area contributed by atoms with Crippen molar-refractivity contribution in [3.63, 3.8) is 0 Å². The molecule has 0 unspecified atom stereocenters. The number of rotatable bonds is 4. The molecule has 0 aromatic carbocycles. The summed E-state index contributed by atoms with van der Waals surface area (Å²) in [4.78, 5) is 11.9. The molecule has 5 heteroatoms. The minimum atomic E-state index is -3.02. The van der Waals surface area contributed by atoms with Crippen molar-refractivity contribution in [2.24, 2.45) is 0 Å². The van der Waals surface area contributed by atoms with Gasteiger partial charge in [0.15, 0.2) is 15.6 Å². The van der Waals surface area contributed by atoms with Crippen molar-refractivity contribution in [2.75, 3.05) is 5.75 Å². The molecule has 1 heterocycles. The Kier molecular flexibility index (Phi) is 4.13. The van der Waals surface area contributed by atoms with Gasteiger partial charge in [-0.15, -0.1) is 0 Å². The van der Waals surface area contributed by atoms with Gasteiger partial charge < -0.3 is 4.57 Å². The molecule has 4 nitrogen and oxygen atoms in total. The van der Waals surface area contributed by atoms with Crippen LogP contribution in [0, 0.1) is 0 Å². The summed E-state index contributed by atoms with van der Waals surface area (Å²) in [5.74, 6) is 0.324. The first-order chi connectivity index (χ1) is 8.90. The predicted octanol–water partition coefficient (Wildman–Crippen LogP) is 2.22. The normalized spacial score (nSPS) is 16.5. The molecule has 0 fully saturated rings. The zero-order chi connectivity index (χ0) is 14.0. The standard InChI is InChI=1S/C14H21NO3S/c1-11(2)19(17,18)8-7-15-9-12-5-3-4-6-14(16)13(12)10-15/h9-11H,3-8H2,1-2H3. The fourth-order valence-electron chi connectivity index (χ4n) is 2.34. The molecule has 0 amide bonds. The van der Waals surface area contributed by atoms with Gasteiger partial charge in [-0.2, -0.15) is 0 Å². The monoisotopic (exact) mass is 283 g/mol. The summed E-state index contributed by atoms with van der Waals surface area (Å²) in [7, 11) is -3.02.